The maximum atomic E-state index is 14.7. The highest BCUT2D eigenvalue weighted by Crippen LogP contribution is 2.51. The molecule has 15 heteroatoms. The first-order valence-corrected chi connectivity index (χ1v) is 14.4. The van der Waals surface area contributed by atoms with Crippen LogP contribution < -0.4 is 23.8 Å². The van der Waals surface area contributed by atoms with Crippen molar-refractivity contribution in [1.29, 1.82) is 0 Å². The summed E-state index contributed by atoms with van der Waals surface area (Å²) >= 11 is 6.35. The molecule has 1 N–H and O–H groups in total. The number of fused-ring (bicyclic) bond motifs is 1. The number of likely N-dealkylation sites (N-methyl/N-ethyl adjacent to an activating group) is 1. The Morgan fingerprint density at radius 1 is 1.00 bits per heavy atom. The summed E-state index contributed by atoms with van der Waals surface area (Å²) in [6.45, 7) is 1.48. The van der Waals surface area contributed by atoms with E-state index in [4.69, 9.17) is 21.1 Å². The number of benzene rings is 3. The van der Waals surface area contributed by atoms with Gasteiger partial charge < -0.3 is 19.1 Å². The number of carbonyl (C=O) groups is 2. The third-order valence-electron chi connectivity index (χ3n) is 6.74. The van der Waals surface area contributed by atoms with Gasteiger partial charge in [-0.2, -0.15) is 0 Å². The number of anilines is 1. The Morgan fingerprint density at radius 3 is 2.28 bits per heavy atom. The first-order chi connectivity index (χ1) is 20.1. The Bertz CT molecular complexity index is 1680. The van der Waals surface area contributed by atoms with Gasteiger partial charge in [0.25, 0.3) is 15.9 Å². The minimum atomic E-state index is -5.28. The standard InChI is InChI=1S/C28H27ClF3N3O7S/c1-16(25(36)34(2)3)33-27(19-8-6-7-9-22(19)41-5)20-14-17(29)10-12-21(20)35(26(27)37)43(38,39)24-13-11-18(40-4)15-23(24)42-28(30,31)32/h6-16,33H,1-5H3/t16-,27?/m0/s1. The molecule has 1 aliphatic heterocycles. The average molecular weight is 642 g/mol. The number of ether oxygens (including phenoxy) is 3. The predicted octanol–water partition coefficient (Wildman–Crippen LogP) is 4.30. The van der Waals surface area contributed by atoms with E-state index in [9.17, 15) is 31.2 Å². The first kappa shape index (κ1) is 31.9. The number of nitrogens with zero attached hydrogens (tertiary/aromatic N) is 2. The average Bonchev–Trinajstić information content (AvgIpc) is 3.19. The zero-order chi connectivity index (χ0) is 31.9. The van der Waals surface area contributed by atoms with Crippen molar-refractivity contribution in [3.8, 4) is 17.2 Å². The molecule has 1 aliphatic rings. The minimum absolute atomic E-state index is 0.0169. The summed E-state index contributed by atoms with van der Waals surface area (Å²) in [6.07, 6.45) is -5.28. The third-order valence-corrected chi connectivity index (χ3v) is 8.71. The number of sulfonamides is 1. The van der Waals surface area contributed by atoms with Gasteiger partial charge in [-0.1, -0.05) is 29.8 Å². The van der Waals surface area contributed by atoms with Gasteiger partial charge >= 0.3 is 6.36 Å². The molecule has 0 bridgehead atoms. The van der Waals surface area contributed by atoms with Crippen LogP contribution in [0.4, 0.5) is 18.9 Å². The second kappa shape index (κ2) is 11.6. The number of para-hydroxylation sites is 1. The van der Waals surface area contributed by atoms with Crippen LogP contribution >= 0.6 is 11.6 Å². The molecule has 3 aromatic carbocycles. The van der Waals surface area contributed by atoms with Crippen molar-refractivity contribution in [2.24, 2.45) is 0 Å². The molecular formula is C28H27ClF3N3O7S. The number of methoxy groups -OCH3 is 2. The number of carbonyl (C=O) groups excluding carboxylic acids is 2. The molecule has 0 radical (unpaired) electrons. The van der Waals surface area contributed by atoms with Gasteiger partial charge in [-0.15, -0.1) is 13.2 Å². The molecule has 1 heterocycles. The molecular weight excluding hydrogens is 615 g/mol. The summed E-state index contributed by atoms with van der Waals surface area (Å²) in [5.74, 6) is -2.69. The van der Waals surface area contributed by atoms with Gasteiger partial charge in [0.1, 0.15) is 16.4 Å². The Morgan fingerprint density at radius 2 is 1.67 bits per heavy atom. The number of hydrogen-bond donors (Lipinski definition) is 1. The topological polar surface area (TPSA) is 114 Å². The number of rotatable bonds is 9. The largest absolute Gasteiger partial charge is 0.573 e. The Hall–Kier alpha value is -4.01. The second-order valence-corrected chi connectivity index (χ2v) is 11.8. The fourth-order valence-corrected chi connectivity index (χ4v) is 6.68. The maximum absolute atomic E-state index is 14.7. The molecule has 43 heavy (non-hydrogen) atoms. The molecule has 0 aromatic heterocycles. The molecule has 0 spiro atoms. The van der Waals surface area contributed by atoms with Crippen molar-refractivity contribution in [3.05, 3.63) is 76.8 Å². The zero-order valence-electron chi connectivity index (χ0n) is 23.5. The summed E-state index contributed by atoms with van der Waals surface area (Å²) in [7, 11) is 0.385. The number of alkyl halides is 3. The highest BCUT2D eigenvalue weighted by atomic mass is 35.5. The lowest BCUT2D eigenvalue weighted by atomic mass is 9.82. The van der Waals surface area contributed by atoms with Gasteiger partial charge in [0, 0.05) is 36.3 Å². The molecule has 0 saturated carbocycles. The molecule has 1 unspecified atom stereocenters. The highest BCUT2D eigenvalue weighted by Gasteiger charge is 2.58. The third kappa shape index (κ3) is 5.69. The predicted molar refractivity (Wildman–Crippen MR) is 151 cm³/mol. The Labute approximate surface area is 250 Å². The van der Waals surface area contributed by atoms with Crippen LogP contribution in [-0.2, 0) is 25.2 Å². The number of hydrogen-bond acceptors (Lipinski definition) is 8. The van der Waals surface area contributed by atoms with Crippen molar-refractivity contribution in [2.45, 2.75) is 29.8 Å². The molecule has 0 aliphatic carbocycles. The molecule has 0 saturated heterocycles. The van der Waals surface area contributed by atoms with Crippen LogP contribution in [-0.4, -0.2) is 65.9 Å². The van der Waals surface area contributed by atoms with E-state index in [2.05, 4.69) is 10.1 Å². The minimum Gasteiger partial charge on any atom is -0.497 e. The lowest BCUT2D eigenvalue weighted by Gasteiger charge is -2.34. The van der Waals surface area contributed by atoms with Gasteiger partial charge in [0.05, 0.1) is 25.9 Å². The smallest absolute Gasteiger partial charge is 0.497 e. The normalized spacial score (nSPS) is 17.3. The zero-order valence-corrected chi connectivity index (χ0v) is 25.1. The quantitative estimate of drug-likeness (QED) is 0.368. The monoisotopic (exact) mass is 641 g/mol. The van der Waals surface area contributed by atoms with Crippen molar-refractivity contribution in [1.82, 2.24) is 10.2 Å². The van der Waals surface area contributed by atoms with E-state index in [1.54, 1.807) is 12.1 Å². The van der Waals surface area contributed by atoms with E-state index in [0.29, 0.717) is 4.31 Å². The van der Waals surface area contributed by atoms with Gasteiger partial charge in [0.2, 0.25) is 5.91 Å². The van der Waals surface area contributed by atoms with Gasteiger partial charge in [-0.05, 0) is 43.3 Å². The van der Waals surface area contributed by atoms with Crippen molar-refractivity contribution < 1.29 is 45.4 Å². The summed E-state index contributed by atoms with van der Waals surface area (Å²) in [5, 5.41) is 3.12. The number of nitrogens with one attached hydrogen (secondary N) is 1. The van der Waals surface area contributed by atoms with Crippen LogP contribution in [0, 0.1) is 0 Å². The van der Waals surface area contributed by atoms with E-state index < -0.39 is 50.4 Å². The molecule has 230 valence electrons. The maximum Gasteiger partial charge on any atom is 0.573 e. The van der Waals surface area contributed by atoms with E-state index in [1.807, 2.05) is 0 Å². The molecule has 3 aromatic rings. The van der Waals surface area contributed by atoms with Crippen LogP contribution in [0.15, 0.2) is 65.6 Å². The highest BCUT2D eigenvalue weighted by molar-refractivity contribution is 7.93. The Balaban J connectivity index is 2.05. The summed E-state index contributed by atoms with van der Waals surface area (Å²) in [5.41, 5.74) is -2.18. The summed E-state index contributed by atoms with van der Waals surface area (Å²) < 4.78 is 83.6. The van der Waals surface area contributed by atoms with Crippen molar-refractivity contribution >= 4 is 39.1 Å². The SMILES string of the molecule is COc1ccc(S(=O)(=O)N2C(=O)C(N[C@@H](C)C(=O)N(C)C)(c3ccccc3OC)c3cc(Cl)ccc32)c(OC(F)(F)F)c1. The van der Waals surface area contributed by atoms with Gasteiger partial charge in [-0.3, -0.25) is 14.9 Å². The molecule has 4 rings (SSSR count). The molecule has 10 nitrogen and oxygen atoms in total. The first-order valence-electron chi connectivity index (χ1n) is 12.5. The lowest BCUT2D eigenvalue weighted by Crippen LogP contribution is -2.58. The van der Waals surface area contributed by atoms with E-state index >= 15 is 0 Å². The van der Waals surface area contributed by atoms with E-state index in [-0.39, 0.29) is 33.3 Å². The fraction of sp³-hybridized carbons (Fsp3) is 0.286. The van der Waals surface area contributed by atoms with Crippen LogP contribution in [0.1, 0.15) is 18.1 Å². The van der Waals surface area contributed by atoms with Crippen LogP contribution in [0.5, 0.6) is 17.2 Å². The molecule has 2 atom stereocenters. The number of halogens is 4. The van der Waals surface area contributed by atoms with Gasteiger partial charge in [0.15, 0.2) is 11.3 Å². The van der Waals surface area contributed by atoms with Crippen LogP contribution in [0.3, 0.4) is 0 Å². The number of amides is 2. The second-order valence-electron chi connectivity index (χ2n) is 9.65. The van der Waals surface area contributed by atoms with Gasteiger partial charge in [-0.25, -0.2) is 12.7 Å². The van der Waals surface area contributed by atoms with E-state index in [0.717, 1.165) is 18.2 Å². The van der Waals surface area contributed by atoms with Crippen molar-refractivity contribution in [3.63, 3.8) is 0 Å². The van der Waals surface area contributed by atoms with Crippen molar-refractivity contribution in [2.75, 3.05) is 32.6 Å². The summed E-state index contributed by atoms with van der Waals surface area (Å²) in [6, 6.07) is 11.8. The van der Waals surface area contributed by atoms with E-state index in [1.165, 1.54) is 70.5 Å². The Kier molecular flexibility index (Phi) is 8.60. The van der Waals surface area contributed by atoms with Crippen LogP contribution in [0.25, 0.3) is 0 Å². The fourth-order valence-electron chi connectivity index (χ4n) is 4.94. The molecule has 0 fully saturated rings. The van der Waals surface area contributed by atoms with Crippen LogP contribution in [0.2, 0.25) is 5.02 Å². The molecule has 2 amide bonds. The lowest BCUT2D eigenvalue weighted by molar-refractivity contribution is -0.275. The summed E-state index contributed by atoms with van der Waals surface area (Å²) in [4.78, 5) is 28.0.